The molecule has 1 aliphatic rings. The molecule has 1 aromatic carbocycles. The molecule has 2 N–H and O–H groups in total. The fraction of sp³-hybridized carbons (Fsp3) is 0.625. The number of thioether (sulfide) groups is 1. The van der Waals surface area contributed by atoms with Crippen molar-refractivity contribution < 1.29 is 14.6 Å². The standard InChI is InChI=1S/C16H25NO3S/c1-19-14-7-12(16(21-3)8-15(14)20-2)10-17-9-11-4-5-13(18)6-11/h7-8,11,13,17-18H,4-6,9-10H2,1-3H3. The summed E-state index contributed by atoms with van der Waals surface area (Å²) in [7, 11) is 3.32. The highest BCUT2D eigenvalue weighted by atomic mass is 32.2. The van der Waals surface area contributed by atoms with Crippen molar-refractivity contribution in [2.75, 3.05) is 27.0 Å². The second-order valence-electron chi connectivity index (χ2n) is 5.48. The average Bonchev–Trinajstić information content (AvgIpc) is 2.92. The third-order valence-electron chi connectivity index (χ3n) is 4.05. The fourth-order valence-electron chi connectivity index (χ4n) is 2.88. The van der Waals surface area contributed by atoms with Crippen LogP contribution in [0.3, 0.4) is 0 Å². The molecular formula is C16H25NO3S. The number of nitrogens with one attached hydrogen (secondary N) is 1. The van der Waals surface area contributed by atoms with Crippen molar-refractivity contribution in [3.8, 4) is 11.5 Å². The van der Waals surface area contributed by atoms with Crippen LogP contribution in [-0.4, -0.2) is 38.2 Å². The Morgan fingerprint density at radius 2 is 1.95 bits per heavy atom. The van der Waals surface area contributed by atoms with Crippen LogP contribution < -0.4 is 14.8 Å². The van der Waals surface area contributed by atoms with E-state index in [2.05, 4.69) is 11.6 Å². The molecule has 2 rings (SSSR count). The molecule has 0 saturated heterocycles. The number of aliphatic hydroxyl groups is 1. The molecule has 1 aliphatic carbocycles. The maximum absolute atomic E-state index is 9.56. The predicted octanol–water partition coefficient (Wildman–Crippen LogP) is 2.68. The van der Waals surface area contributed by atoms with Gasteiger partial charge < -0.3 is 19.9 Å². The van der Waals surface area contributed by atoms with Gasteiger partial charge in [0, 0.05) is 11.4 Å². The summed E-state index contributed by atoms with van der Waals surface area (Å²) in [4.78, 5) is 1.20. The highest BCUT2D eigenvalue weighted by Crippen LogP contribution is 2.34. The van der Waals surface area contributed by atoms with Gasteiger partial charge in [-0.25, -0.2) is 0 Å². The number of rotatable bonds is 7. The molecule has 4 nitrogen and oxygen atoms in total. The third-order valence-corrected chi connectivity index (χ3v) is 4.87. The monoisotopic (exact) mass is 311 g/mol. The Labute approximate surface area is 131 Å². The van der Waals surface area contributed by atoms with E-state index in [9.17, 15) is 5.11 Å². The normalized spacial score (nSPS) is 21.5. The van der Waals surface area contributed by atoms with E-state index in [1.165, 1.54) is 10.5 Å². The summed E-state index contributed by atoms with van der Waals surface area (Å²) in [5.41, 5.74) is 1.22. The molecule has 118 valence electrons. The van der Waals surface area contributed by atoms with E-state index in [-0.39, 0.29) is 6.10 Å². The van der Waals surface area contributed by atoms with Crippen molar-refractivity contribution in [2.24, 2.45) is 5.92 Å². The second-order valence-corrected chi connectivity index (χ2v) is 6.33. The maximum Gasteiger partial charge on any atom is 0.161 e. The lowest BCUT2D eigenvalue weighted by Crippen LogP contribution is -2.21. The minimum absolute atomic E-state index is 0.0976. The number of aliphatic hydroxyl groups excluding tert-OH is 1. The summed E-state index contributed by atoms with van der Waals surface area (Å²) in [6.07, 6.45) is 4.96. The Kier molecular flexibility index (Phi) is 6.21. The molecule has 0 spiro atoms. The van der Waals surface area contributed by atoms with E-state index in [0.29, 0.717) is 5.92 Å². The summed E-state index contributed by atoms with van der Waals surface area (Å²) in [5, 5.41) is 13.1. The minimum atomic E-state index is -0.0976. The van der Waals surface area contributed by atoms with Gasteiger partial charge in [0.25, 0.3) is 0 Å². The van der Waals surface area contributed by atoms with Gasteiger partial charge in [0.1, 0.15) is 0 Å². The lowest BCUT2D eigenvalue weighted by Gasteiger charge is -2.15. The van der Waals surface area contributed by atoms with E-state index in [0.717, 1.165) is 43.9 Å². The average molecular weight is 311 g/mol. The first-order chi connectivity index (χ1) is 10.2. The highest BCUT2D eigenvalue weighted by molar-refractivity contribution is 7.98. The van der Waals surface area contributed by atoms with E-state index in [4.69, 9.17) is 9.47 Å². The van der Waals surface area contributed by atoms with Crippen LogP contribution in [-0.2, 0) is 6.54 Å². The summed E-state index contributed by atoms with van der Waals surface area (Å²) in [6, 6.07) is 4.07. The van der Waals surface area contributed by atoms with Gasteiger partial charge in [0.2, 0.25) is 0 Å². The Morgan fingerprint density at radius 3 is 2.52 bits per heavy atom. The zero-order chi connectivity index (χ0) is 15.2. The van der Waals surface area contributed by atoms with Gasteiger partial charge in [-0.15, -0.1) is 11.8 Å². The second kappa shape index (κ2) is 7.92. The quantitative estimate of drug-likeness (QED) is 0.758. The van der Waals surface area contributed by atoms with Crippen molar-refractivity contribution in [1.29, 1.82) is 0 Å². The molecular weight excluding hydrogens is 286 g/mol. The Bertz CT molecular complexity index is 467. The maximum atomic E-state index is 9.56. The molecule has 1 saturated carbocycles. The summed E-state index contributed by atoms with van der Waals surface area (Å²) < 4.78 is 10.7. The number of hydrogen-bond acceptors (Lipinski definition) is 5. The SMILES string of the molecule is COc1cc(CNCC2CCC(O)C2)c(SC)cc1OC. The number of hydrogen-bond donors (Lipinski definition) is 2. The molecule has 0 amide bonds. The molecule has 0 aromatic heterocycles. The molecule has 1 fully saturated rings. The van der Waals surface area contributed by atoms with Gasteiger partial charge in [0.15, 0.2) is 11.5 Å². The first-order valence-corrected chi connectivity index (χ1v) is 8.58. The molecule has 2 unspecified atom stereocenters. The molecule has 0 aliphatic heterocycles. The van der Waals surface area contributed by atoms with Crippen molar-refractivity contribution in [1.82, 2.24) is 5.32 Å². The van der Waals surface area contributed by atoms with Crippen LogP contribution in [0.4, 0.5) is 0 Å². The van der Waals surface area contributed by atoms with E-state index in [1.54, 1.807) is 26.0 Å². The molecule has 2 atom stereocenters. The Morgan fingerprint density at radius 1 is 1.24 bits per heavy atom. The van der Waals surface area contributed by atoms with Gasteiger partial charge in [-0.1, -0.05) is 0 Å². The van der Waals surface area contributed by atoms with E-state index < -0.39 is 0 Å². The topological polar surface area (TPSA) is 50.7 Å². The first kappa shape index (κ1) is 16.5. The van der Waals surface area contributed by atoms with Crippen molar-refractivity contribution >= 4 is 11.8 Å². The zero-order valence-corrected chi connectivity index (χ0v) is 13.8. The largest absolute Gasteiger partial charge is 0.493 e. The molecule has 21 heavy (non-hydrogen) atoms. The summed E-state index contributed by atoms with van der Waals surface area (Å²) >= 11 is 1.71. The lowest BCUT2D eigenvalue weighted by molar-refractivity contribution is 0.177. The number of ether oxygens (including phenoxy) is 2. The molecule has 1 aromatic rings. The number of methoxy groups -OCH3 is 2. The highest BCUT2D eigenvalue weighted by Gasteiger charge is 2.22. The van der Waals surface area contributed by atoms with E-state index in [1.807, 2.05) is 12.1 Å². The molecule has 0 radical (unpaired) electrons. The van der Waals surface area contributed by atoms with Crippen LogP contribution >= 0.6 is 11.8 Å². The zero-order valence-electron chi connectivity index (χ0n) is 13.0. The number of benzene rings is 1. The van der Waals surface area contributed by atoms with Crippen LogP contribution in [0.5, 0.6) is 11.5 Å². The fourth-order valence-corrected chi connectivity index (χ4v) is 3.49. The van der Waals surface area contributed by atoms with Gasteiger partial charge in [-0.2, -0.15) is 0 Å². The molecule has 0 heterocycles. The van der Waals surface area contributed by atoms with Crippen molar-refractivity contribution in [2.45, 2.75) is 36.8 Å². The van der Waals surface area contributed by atoms with Crippen LogP contribution in [0.15, 0.2) is 17.0 Å². The Balaban J connectivity index is 1.98. The van der Waals surface area contributed by atoms with Crippen LogP contribution in [0.2, 0.25) is 0 Å². The lowest BCUT2D eigenvalue weighted by atomic mass is 10.1. The minimum Gasteiger partial charge on any atom is -0.493 e. The van der Waals surface area contributed by atoms with Crippen LogP contribution in [0.1, 0.15) is 24.8 Å². The van der Waals surface area contributed by atoms with Gasteiger partial charge in [-0.05, 0) is 55.7 Å². The van der Waals surface area contributed by atoms with Gasteiger partial charge in [0.05, 0.1) is 20.3 Å². The molecule has 5 heteroatoms. The van der Waals surface area contributed by atoms with Gasteiger partial charge >= 0.3 is 0 Å². The smallest absolute Gasteiger partial charge is 0.161 e. The first-order valence-electron chi connectivity index (χ1n) is 7.35. The summed E-state index contributed by atoms with van der Waals surface area (Å²) in [6.45, 7) is 1.77. The predicted molar refractivity (Wildman–Crippen MR) is 86.4 cm³/mol. The summed E-state index contributed by atoms with van der Waals surface area (Å²) in [5.74, 6) is 2.13. The van der Waals surface area contributed by atoms with Gasteiger partial charge in [-0.3, -0.25) is 0 Å². The van der Waals surface area contributed by atoms with Crippen LogP contribution in [0, 0.1) is 5.92 Å². The van der Waals surface area contributed by atoms with Crippen molar-refractivity contribution in [3.05, 3.63) is 17.7 Å². The third kappa shape index (κ3) is 4.28. The van der Waals surface area contributed by atoms with Crippen LogP contribution in [0.25, 0.3) is 0 Å². The van der Waals surface area contributed by atoms with E-state index >= 15 is 0 Å². The van der Waals surface area contributed by atoms with Crippen molar-refractivity contribution in [3.63, 3.8) is 0 Å². The molecule has 0 bridgehead atoms. The Hall–Kier alpha value is -0.910.